The van der Waals surface area contributed by atoms with Gasteiger partial charge < -0.3 is 20.5 Å². The molecule has 2 aliphatic heterocycles. The number of nitrogens with one attached hydrogen (secondary N) is 1. The van der Waals surface area contributed by atoms with Gasteiger partial charge in [0.25, 0.3) is 0 Å². The number of ether oxygens (including phenoxy) is 2. The molecule has 1 fully saturated rings. The first kappa shape index (κ1) is 28.0. The monoisotopic (exact) mass is 505 g/mol. The number of methoxy groups -OCH3 is 1. The molecule has 2 heterocycles. The van der Waals surface area contributed by atoms with Crippen LogP contribution in [0.2, 0.25) is 0 Å². The van der Waals surface area contributed by atoms with Crippen LogP contribution in [0.15, 0.2) is 83.2 Å². The zero-order valence-corrected chi connectivity index (χ0v) is 22.4. The lowest BCUT2D eigenvalue weighted by Crippen LogP contribution is -2.37. The molecule has 0 aromatic heterocycles. The number of hydrogen-bond donors (Lipinski definition) is 2. The average molecular weight is 506 g/mol. The number of allylic oxidation sites excluding steroid dienone is 2. The van der Waals surface area contributed by atoms with Crippen LogP contribution < -0.4 is 11.1 Å². The average Bonchev–Trinajstić information content (AvgIpc) is 3.25. The van der Waals surface area contributed by atoms with Crippen LogP contribution >= 0.6 is 0 Å². The highest BCUT2D eigenvalue weighted by Gasteiger charge is 2.38. The van der Waals surface area contributed by atoms with E-state index in [1.165, 1.54) is 12.7 Å². The molecule has 0 aliphatic carbocycles. The Labute approximate surface area is 220 Å². The molecule has 1 atom stereocenters. The van der Waals surface area contributed by atoms with E-state index in [9.17, 15) is 9.59 Å². The molecule has 1 saturated heterocycles. The van der Waals surface area contributed by atoms with Crippen molar-refractivity contribution in [2.75, 3.05) is 32.5 Å². The number of para-hydroxylation sites is 1. The molecule has 0 saturated carbocycles. The van der Waals surface area contributed by atoms with E-state index in [0.29, 0.717) is 16.8 Å². The minimum absolute atomic E-state index is 0.229. The topological polar surface area (TPSA) is 93.9 Å². The predicted molar refractivity (Wildman–Crippen MR) is 146 cm³/mol. The maximum Gasteiger partial charge on any atom is 0.336 e. The first-order chi connectivity index (χ1) is 17.7. The fraction of sp³-hybridized carbons (Fsp3) is 0.400. The van der Waals surface area contributed by atoms with Gasteiger partial charge >= 0.3 is 11.9 Å². The van der Waals surface area contributed by atoms with Crippen LogP contribution in [0.5, 0.6) is 0 Å². The molecule has 1 unspecified atom stereocenters. The largest absolute Gasteiger partial charge is 0.466 e. The quantitative estimate of drug-likeness (QED) is 0.419. The summed E-state index contributed by atoms with van der Waals surface area (Å²) in [6.45, 7) is 8.27. The van der Waals surface area contributed by atoms with Gasteiger partial charge in [-0.15, -0.1) is 0 Å². The molecule has 198 valence electrons. The van der Waals surface area contributed by atoms with E-state index >= 15 is 0 Å². The van der Waals surface area contributed by atoms with E-state index in [0.717, 1.165) is 50.3 Å². The van der Waals surface area contributed by atoms with Crippen LogP contribution in [-0.4, -0.2) is 49.2 Å². The molecule has 2 aromatic rings. The lowest BCUT2D eigenvalue weighted by Gasteiger charge is -2.28. The molecule has 0 spiro atoms. The molecule has 3 N–H and O–H groups in total. The van der Waals surface area contributed by atoms with Crippen LogP contribution in [0.4, 0.5) is 5.69 Å². The van der Waals surface area contributed by atoms with Crippen LogP contribution in [0.1, 0.15) is 45.6 Å². The van der Waals surface area contributed by atoms with Crippen LogP contribution in [0, 0.1) is 0 Å². The first-order valence-corrected chi connectivity index (χ1v) is 12.8. The van der Waals surface area contributed by atoms with Gasteiger partial charge in [-0.3, -0.25) is 4.90 Å². The summed E-state index contributed by atoms with van der Waals surface area (Å²) in [7, 11) is 1.34. The van der Waals surface area contributed by atoms with Crippen LogP contribution in [-0.2, 0) is 25.5 Å². The summed E-state index contributed by atoms with van der Waals surface area (Å²) in [4.78, 5) is 27.3. The fourth-order valence-electron chi connectivity index (χ4n) is 4.64. The predicted octanol–water partition coefficient (Wildman–Crippen LogP) is 4.61. The summed E-state index contributed by atoms with van der Waals surface area (Å²) >= 11 is 0. The van der Waals surface area contributed by atoms with E-state index in [4.69, 9.17) is 15.2 Å². The number of anilines is 1. The highest BCUT2D eigenvalue weighted by Crippen LogP contribution is 2.30. The summed E-state index contributed by atoms with van der Waals surface area (Å²) in [5.74, 6) is -0.781. The van der Waals surface area contributed by atoms with Crippen molar-refractivity contribution in [2.24, 2.45) is 0 Å². The van der Waals surface area contributed by atoms with Crippen molar-refractivity contribution in [1.29, 1.82) is 0 Å². The summed E-state index contributed by atoms with van der Waals surface area (Å²) in [5, 5.41) is 3.11. The van der Waals surface area contributed by atoms with Crippen molar-refractivity contribution < 1.29 is 19.1 Å². The Morgan fingerprint density at radius 3 is 2.14 bits per heavy atom. The lowest BCUT2D eigenvalue weighted by molar-refractivity contribution is -0.152. The maximum atomic E-state index is 12.9. The number of carbonyl (C=O) groups excluding carboxylic acids is 2. The molecular formula is C30H39N3O4. The van der Waals surface area contributed by atoms with Gasteiger partial charge in [-0.25, -0.2) is 9.59 Å². The SMILES string of the molecule is COC(=O)C1=C(C)NC(C)=C(C(=O)OC2(C)CCN(CCCc3ccccc3)C2)C1.Nc1ccccc1. The normalized spacial score (nSPS) is 19.6. The Kier molecular flexibility index (Phi) is 9.92. The smallest absolute Gasteiger partial charge is 0.336 e. The van der Waals surface area contributed by atoms with Crippen molar-refractivity contribution >= 4 is 17.6 Å². The van der Waals surface area contributed by atoms with Gasteiger partial charge in [0.05, 0.1) is 18.3 Å². The molecular weight excluding hydrogens is 466 g/mol. The molecule has 37 heavy (non-hydrogen) atoms. The number of esters is 2. The number of dihydropyridines is 1. The molecule has 0 radical (unpaired) electrons. The summed E-state index contributed by atoms with van der Waals surface area (Å²) in [6.07, 6.45) is 3.16. The summed E-state index contributed by atoms with van der Waals surface area (Å²) in [5.41, 5.74) is 9.42. The van der Waals surface area contributed by atoms with Gasteiger partial charge in [-0.2, -0.15) is 0 Å². The molecule has 0 amide bonds. The van der Waals surface area contributed by atoms with Crippen molar-refractivity contribution in [3.63, 3.8) is 0 Å². The fourth-order valence-corrected chi connectivity index (χ4v) is 4.64. The van der Waals surface area contributed by atoms with Gasteiger partial charge in [-0.05, 0) is 57.9 Å². The molecule has 4 rings (SSSR count). The van der Waals surface area contributed by atoms with Crippen molar-refractivity contribution in [1.82, 2.24) is 10.2 Å². The highest BCUT2D eigenvalue weighted by atomic mass is 16.6. The Balaban J connectivity index is 0.000000468. The van der Waals surface area contributed by atoms with Crippen LogP contribution in [0.25, 0.3) is 0 Å². The third-order valence-corrected chi connectivity index (χ3v) is 6.75. The number of aryl methyl sites for hydroxylation is 1. The standard InChI is InChI=1S/C24H32N2O4.C6H7N/c1-17-20(22(27)29-4)15-21(18(2)25-17)23(28)30-24(3)12-14-26(16-24)13-8-11-19-9-6-5-7-10-19;7-6-4-2-1-3-5-6/h5-7,9-10,25H,8,11-16H2,1-4H3;1-5H,7H2. The molecule has 0 bridgehead atoms. The minimum atomic E-state index is -0.515. The van der Waals surface area contributed by atoms with Crippen LogP contribution in [0.3, 0.4) is 0 Å². The van der Waals surface area contributed by atoms with E-state index in [1.807, 2.05) is 57.2 Å². The molecule has 2 aliphatic rings. The number of rotatable bonds is 7. The second-order valence-electron chi connectivity index (χ2n) is 9.87. The van der Waals surface area contributed by atoms with Crippen molar-refractivity contribution in [3.05, 3.63) is 88.8 Å². The van der Waals surface area contributed by atoms with Gasteiger partial charge in [-0.1, -0.05) is 48.5 Å². The minimum Gasteiger partial charge on any atom is -0.466 e. The Hall–Kier alpha value is -3.58. The van der Waals surface area contributed by atoms with E-state index in [1.54, 1.807) is 0 Å². The van der Waals surface area contributed by atoms with Crippen molar-refractivity contribution in [2.45, 2.75) is 52.1 Å². The number of likely N-dealkylation sites (tertiary alicyclic amines) is 1. The zero-order chi connectivity index (χ0) is 26.8. The second kappa shape index (κ2) is 13.1. The zero-order valence-electron chi connectivity index (χ0n) is 22.4. The van der Waals surface area contributed by atoms with Crippen molar-refractivity contribution in [3.8, 4) is 0 Å². The molecule has 7 heteroatoms. The number of nitrogens with two attached hydrogens (primary N) is 1. The third-order valence-electron chi connectivity index (χ3n) is 6.75. The first-order valence-electron chi connectivity index (χ1n) is 12.8. The molecule has 7 nitrogen and oxygen atoms in total. The van der Waals surface area contributed by atoms with Gasteiger partial charge in [0.15, 0.2) is 0 Å². The number of carbonyl (C=O) groups is 2. The summed E-state index contributed by atoms with van der Waals surface area (Å²) < 4.78 is 10.8. The maximum absolute atomic E-state index is 12.9. The number of hydrogen-bond acceptors (Lipinski definition) is 7. The Morgan fingerprint density at radius 1 is 0.973 bits per heavy atom. The third kappa shape index (κ3) is 8.22. The second-order valence-corrected chi connectivity index (χ2v) is 9.87. The number of nitrogen functional groups attached to an aromatic ring is 1. The van der Waals surface area contributed by atoms with Gasteiger partial charge in [0.2, 0.25) is 0 Å². The van der Waals surface area contributed by atoms with E-state index in [-0.39, 0.29) is 12.4 Å². The Morgan fingerprint density at radius 2 is 1.57 bits per heavy atom. The number of nitrogens with zero attached hydrogens (tertiary/aromatic N) is 1. The molecule has 2 aromatic carbocycles. The highest BCUT2D eigenvalue weighted by molar-refractivity contribution is 5.96. The van der Waals surface area contributed by atoms with E-state index in [2.05, 4.69) is 34.5 Å². The Bertz CT molecular complexity index is 1130. The summed E-state index contributed by atoms with van der Waals surface area (Å²) in [6, 6.07) is 20.0. The number of benzene rings is 2. The van der Waals surface area contributed by atoms with Gasteiger partial charge in [0, 0.05) is 43.0 Å². The van der Waals surface area contributed by atoms with Gasteiger partial charge in [0.1, 0.15) is 5.60 Å². The van der Waals surface area contributed by atoms with E-state index < -0.39 is 11.6 Å². The lowest BCUT2D eigenvalue weighted by atomic mass is 9.97.